The molecule has 5 heteroatoms. The SMILES string of the molecule is Cc1ccccc1CN1CCN(C(=S)Nc2ccccc2Cl)CC1. The smallest absolute Gasteiger partial charge is 0.173 e. The second-order valence-electron chi connectivity index (χ2n) is 6.10. The van der Waals surface area contributed by atoms with Gasteiger partial charge in [0.05, 0.1) is 10.7 Å². The molecule has 1 aliphatic rings. The summed E-state index contributed by atoms with van der Waals surface area (Å²) < 4.78 is 0. The third-order valence-electron chi connectivity index (χ3n) is 4.43. The normalized spacial score (nSPS) is 15.3. The average Bonchev–Trinajstić information content (AvgIpc) is 2.59. The highest BCUT2D eigenvalue weighted by molar-refractivity contribution is 7.80. The van der Waals surface area contributed by atoms with Crippen molar-refractivity contribution in [3.05, 3.63) is 64.7 Å². The monoisotopic (exact) mass is 359 g/mol. The zero-order valence-corrected chi connectivity index (χ0v) is 15.4. The Morgan fingerprint density at radius 1 is 1.04 bits per heavy atom. The molecule has 0 unspecified atom stereocenters. The minimum atomic E-state index is 0.693. The fourth-order valence-electron chi connectivity index (χ4n) is 2.89. The molecule has 0 aliphatic carbocycles. The first kappa shape index (κ1) is 17.2. The van der Waals surface area contributed by atoms with Crippen molar-refractivity contribution < 1.29 is 0 Å². The van der Waals surface area contributed by atoms with E-state index >= 15 is 0 Å². The van der Waals surface area contributed by atoms with Crippen LogP contribution in [0.3, 0.4) is 0 Å². The van der Waals surface area contributed by atoms with Crippen molar-refractivity contribution in [3.8, 4) is 0 Å². The van der Waals surface area contributed by atoms with E-state index in [9.17, 15) is 0 Å². The Balaban J connectivity index is 1.52. The molecule has 0 bridgehead atoms. The summed E-state index contributed by atoms with van der Waals surface area (Å²) in [5, 5.41) is 4.70. The van der Waals surface area contributed by atoms with Crippen LogP contribution in [0, 0.1) is 6.92 Å². The van der Waals surface area contributed by atoms with Crippen molar-refractivity contribution in [2.75, 3.05) is 31.5 Å². The lowest BCUT2D eigenvalue weighted by Crippen LogP contribution is -2.49. The number of aryl methyl sites for hydroxylation is 1. The van der Waals surface area contributed by atoms with Crippen molar-refractivity contribution in [2.24, 2.45) is 0 Å². The second-order valence-corrected chi connectivity index (χ2v) is 6.89. The number of rotatable bonds is 3. The maximum Gasteiger partial charge on any atom is 0.173 e. The summed E-state index contributed by atoms with van der Waals surface area (Å²) in [6.07, 6.45) is 0. The van der Waals surface area contributed by atoms with Crippen LogP contribution in [0.25, 0.3) is 0 Å². The van der Waals surface area contributed by atoms with Gasteiger partial charge in [-0.25, -0.2) is 0 Å². The van der Waals surface area contributed by atoms with Crippen molar-refractivity contribution in [2.45, 2.75) is 13.5 Å². The van der Waals surface area contributed by atoms with Gasteiger partial charge in [-0.05, 0) is 42.4 Å². The molecule has 2 aromatic carbocycles. The summed E-state index contributed by atoms with van der Waals surface area (Å²) in [4.78, 5) is 4.70. The molecule has 24 heavy (non-hydrogen) atoms. The van der Waals surface area contributed by atoms with Gasteiger partial charge in [0.2, 0.25) is 0 Å². The van der Waals surface area contributed by atoms with E-state index < -0.39 is 0 Å². The molecule has 0 saturated carbocycles. The highest BCUT2D eigenvalue weighted by atomic mass is 35.5. The first-order chi connectivity index (χ1) is 11.6. The van der Waals surface area contributed by atoms with Crippen LogP contribution in [0.2, 0.25) is 5.02 Å². The first-order valence-electron chi connectivity index (χ1n) is 8.21. The average molecular weight is 360 g/mol. The Labute approximate surface area is 154 Å². The van der Waals surface area contributed by atoms with E-state index in [1.807, 2.05) is 24.3 Å². The van der Waals surface area contributed by atoms with E-state index in [2.05, 4.69) is 46.3 Å². The van der Waals surface area contributed by atoms with Crippen LogP contribution in [0.15, 0.2) is 48.5 Å². The van der Waals surface area contributed by atoms with Gasteiger partial charge in [-0.1, -0.05) is 48.0 Å². The number of hydrogen-bond donors (Lipinski definition) is 1. The Morgan fingerprint density at radius 3 is 2.42 bits per heavy atom. The van der Waals surface area contributed by atoms with E-state index in [1.54, 1.807) is 0 Å². The van der Waals surface area contributed by atoms with Crippen LogP contribution in [-0.4, -0.2) is 41.1 Å². The van der Waals surface area contributed by atoms with Crippen molar-refractivity contribution in [3.63, 3.8) is 0 Å². The lowest BCUT2D eigenvalue weighted by Gasteiger charge is -2.36. The Morgan fingerprint density at radius 2 is 1.71 bits per heavy atom. The fourth-order valence-corrected chi connectivity index (χ4v) is 3.37. The number of halogens is 1. The van der Waals surface area contributed by atoms with E-state index in [4.69, 9.17) is 23.8 Å². The molecule has 0 aromatic heterocycles. The molecular formula is C19H22ClN3S. The van der Waals surface area contributed by atoms with E-state index in [0.717, 1.165) is 43.5 Å². The number of hydrogen-bond acceptors (Lipinski definition) is 2. The molecule has 2 aromatic rings. The van der Waals surface area contributed by atoms with Crippen molar-refractivity contribution in [1.82, 2.24) is 9.80 Å². The number of benzene rings is 2. The maximum absolute atomic E-state index is 6.19. The number of nitrogens with zero attached hydrogens (tertiary/aromatic N) is 2. The first-order valence-corrected chi connectivity index (χ1v) is 8.99. The summed E-state index contributed by atoms with van der Waals surface area (Å²) in [7, 11) is 0. The van der Waals surface area contributed by atoms with Gasteiger partial charge in [-0.15, -0.1) is 0 Å². The standard InChI is InChI=1S/C19H22ClN3S/c1-15-6-2-3-7-16(15)14-22-10-12-23(13-11-22)19(24)21-18-9-5-4-8-17(18)20/h2-9H,10-14H2,1H3,(H,21,24). The van der Waals surface area contributed by atoms with Crippen LogP contribution in [-0.2, 0) is 6.54 Å². The predicted molar refractivity (Wildman–Crippen MR) is 106 cm³/mol. The molecular weight excluding hydrogens is 338 g/mol. The zero-order valence-electron chi connectivity index (χ0n) is 13.8. The highest BCUT2D eigenvalue weighted by Gasteiger charge is 2.19. The summed E-state index contributed by atoms with van der Waals surface area (Å²) in [6, 6.07) is 16.3. The van der Waals surface area contributed by atoms with Gasteiger partial charge in [0, 0.05) is 32.7 Å². The predicted octanol–water partition coefficient (Wildman–Crippen LogP) is 4.16. The molecule has 0 spiro atoms. The van der Waals surface area contributed by atoms with Gasteiger partial charge in [0.25, 0.3) is 0 Å². The second kappa shape index (κ2) is 7.97. The number of thiocarbonyl (C=S) groups is 1. The molecule has 1 heterocycles. The van der Waals surface area contributed by atoms with Crippen molar-refractivity contribution in [1.29, 1.82) is 0 Å². The lowest BCUT2D eigenvalue weighted by atomic mass is 10.1. The minimum Gasteiger partial charge on any atom is -0.346 e. The quantitative estimate of drug-likeness (QED) is 0.829. The van der Waals surface area contributed by atoms with Crippen LogP contribution in [0.5, 0.6) is 0 Å². The number of nitrogens with one attached hydrogen (secondary N) is 1. The maximum atomic E-state index is 6.19. The Hall–Kier alpha value is -1.62. The Bertz CT molecular complexity index is 711. The number of piperazine rings is 1. The topological polar surface area (TPSA) is 18.5 Å². The number of anilines is 1. The van der Waals surface area contributed by atoms with Gasteiger partial charge in [-0.2, -0.15) is 0 Å². The fraction of sp³-hybridized carbons (Fsp3) is 0.316. The van der Waals surface area contributed by atoms with Crippen molar-refractivity contribution >= 4 is 34.6 Å². The van der Waals surface area contributed by atoms with Crippen LogP contribution in [0.4, 0.5) is 5.69 Å². The largest absolute Gasteiger partial charge is 0.346 e. The molecule has 1 fully saturated rings. The lowest BCUT2D eigenvalue weighted by molar-refractivity contribution is 0.176. The van der Waals surface area contributed by atoms with Gasteiger partial charge in [0.15, 0.2) is 5.11 Å². The third-order valence-corrected chi connectivity index (χ3v) is 5.12. The van der Waals surface area contributed by atoms with Crippen LogP contribution in [0.1, 0.15) is 11.1 Å². The molecule has 0 amide bonds. The molecule has 1 aliphatic heterocycles. The van der Waals surface area contributed by atoms with Gasteiger partial charge >= 0.3 is 0 Å². The summed E-state index contributed by atoms with van der Waals surface area (Å²) >= 11 is 11.7. The molecule has 0 atom stereocenters. The molecule has 0 radical (unpaired) electrons. The van der Waals surface area contributed by atoms with E-state index in [1.165, 1.54) is 11.1 Å². The molecule has 126 valence electrons. The van der Waals surface area contributed by atoms with Crippen LogP contribution >= 0.6 is 23.8 Å². The third kappa shape index (κ3) is 4.26. The summed E-state index contributed by atoms with van der Waals surface area (Å²) in [5.74, 6) is 0. The van der Waals surface area contributed by atoms with Gasteiger partial charge in [-0.3, -0.25) is 4.90 Å². The molecule has 1 N–H and O–H groups in total. The van der Waals surface area contributed by atoms with E-state index in [-0.39, 0.29) is 0 Å². The number of para-hydroxylation sites is 1. The van der Waals surface area contributed by atoms with Gasteiger partial charge < -0.3 is 10.2 Å². The van der Waals surface area contributed by atoms with E-state index in [0.29, 0.717) is 5.02 Å². The summed E-state index contributed by atoms with van der Waals surface area (Å²) in [6.45, 7) is 7.07. The zero-order chi connectivity index (χ0) is 16.9. The Kier molecular flexibility index (Phi) is 5.72. The molecule has 3 rings (SSSR count). The van der Waals surface area contributed by atoms with Crippen LogP contribution < -0.4 is 5.32 Å². The molecule has 3 nitrogen and oxygen atoms in total. The summed E-state index contributed by atoms with van der Waals surface area (Å²) in [5.41, 5.74) is 3.63. The molecule has 1 saturated heterocycles. The minimum absolute atomic E-state index is 0.693. The highest BCUT2D eigenvalue weighted by Crippen LogP contribution is 2.21. The van der Waals surface area contributed by atoms with Gasteiger partial charge in [0.1, 0.15) is 0 Å².